The predicted octanol–water partition coefficient (Wildman–Crippen LogP) is 3.44. The third-order valence-corrected chi connectivity index (χ3v) is 3.41. The van der Waals surface area contributed by atoms with E-state index in [2.05, 4.69) is 5.32 Å². The average molecular weight is 327 g/mol. The lowest BCUT2D eigenvalue weighted by Gasteiger charge is -2.10. The van der Waals surface area contributed by atoms with Crippen molar-refractivity contribution in [3.63, 3.8) is 0 Å². The van der Waals surface area contributed by atoms with Crippen molar-refractivity contribution >= 4 is 17.6 Å². The Balaban J connectivity index is 1.87. The molecule has 5 nitrogen and oxygen atoms in total. The number of aryl methyl sites for hydroxylation is 1. The predicted molar refractivity (Wildman–Crippen MR) is 92.3 cm³/mol. The maximum Gasteiger partial charge on any atom is 0.338 e. The lowest BCUT2D eigenvalue weighted by atomic mass is 10.1. The van der Waals surface area contributed by atoms with Gasteiger partial charge in [0.15, 0.2) is 6.61 Å². The van der Waals surface area contributed by atoms with Crippen LogP contribution in [0.2, 0.25) is 0 Å². The SMILES string of the molecule is CCOc1ccc(C(=O)OCC(=O)Nc2ccccc2CC)cc1. The van der Waals surface area contributed by atoms with Gasteiger partial charge in [-0.3, -0.25) is 4.79 Å². The molecular weight excluding hydrogens is 306 g/mol. The number of hydrogen-bond acceptors (Lipinski definition) is 4. The topological polar surface area (TPSA) is 64.6 Å². The van der Waals surface area contributed by atoms with E-state index in [4.69, 9.17) is 9.47 Å². The summed E-state index contributed by atoms with van der Waals surface area (Å²) in [4.78, 5) is 23.9. The Labute approximate surface area is 141 Å². The highest BCUT2D eigenvalue weighted by molar-refractivity contribution is 5.95. The van der Waals surface area contributed by atoms with Gasteiger partial charge >= 0.3 is 5.97 Å². The fourth-order valence-electron chi connectivity index (χ4n) is 2.21. The average Bonchev–Trinajstić information content (AvgIpc) is 2.61. The Morgan fingerprint density at radius 2 is 1.71 bits per heavy atom. The van der Waals surface area contributed by atoms with E-state index in [1.165, 1.54) is 0 Å². The normalized spacial score (nSPS) is 10.1. The van der Waals surface area contributed by atoms with Gasteiger partial charge in [-0.2, -0.15) is 0 Å². The van der Waals surface area contributed by atoms with Crippen molar-refractivity contribution in [1.29, 1.82) is 0 Å². The van der Waals surface area contributed by atoms with Crippen LogP contribution in [0.3, 0.4) is 0 Å². The molecule has 0 bridgehead atoms. The molecule has 0 radical (unpaired) electrons. The summed E-state index contributed by atoms with van der Waals surface area (Å²) >= 11 is 0. The third-order valence-electron chi connectivity index (χ3n) is 3.41. The number of nitrogens with one attached hydrogen (secondary N) is 1. The van der Waals surface area contributed by atoms with Crippen molar-refractivity contribution in [3.05, 3.63) is 59.7 Å². The second-order valence-electron chi connectivity index (χ2n) is 5.09. The van der Waals surface area contributed by atoms with Crippen LogP contribution in [0.5, 0.6) is 5.75 Å². The van der Waals surface area contributed by atoms with Crippen molar-refractivity contribution in [2.45, 2.75) is 20.3 Å². The first-order chi connectivity index (χ1) is 11.6. The zero-order valence-electron chi connectivity index (χ0n) is 13.9. The van der Waals surface area contributed by atoms with E-state index in [1.807, 2.05) is 38.1 Å². The molecule has 24 heavy (non-hydrogen) atoms. The zero-order valence-corrected chi connectivity index (χ0v) is 13.9. The second kappa shape index (κ2) is 8.72. The number of hydrogen-bond donors (Lipinski definition) is 1. The van der Waals surface area contributed by atoms with Gasteiger partial charge in [-0.25, -0.2) is 4.79 Å². The molecule has 0 atom stereocenters. The highest BCUT2D eigenvalue weighted by Gasteiger charge is 2.11. The van der Waals surface area contributed by atoms with E-state index >= 15 is 0 Å². The van der Waals surface area contributed by atoms with E-state index in [-0.39, 0.29) is 12.5 Å². The first kappa shape index (κ1) is 17.5. The second-order valence-corrected chi connectivity index (χ2v) is 5.09. The van der Waals surface area contributed by atoms with Crippen molar-refractivity contribution in [1.82, 2.24) is 0 Å². The van der Waals surface area contributed by atoms with Crippen LogP contribution in [0.1, 0.15) is 29.8 Å². The summed E-state index contributed by atoms with van der Waals surface area (Å²) in [5, 5.41) is 2.76. The summed E-state index contributed by atoms with van der Waals surface area (Å²) < 4.78 is 10.4. The van der Waals surface area contributed by atoms with Gasteiger partial charge in [0.1, 0.15) is 5.75 Å². The highest BCUT2D eigenvalue weighted by atomic mass is 16.5. The molecule has 0 aliphatic rings. The molecule has 0 saturated carbocycles. The van der Waals surface area contributed by atoms with Gasteiger partial charge in [-0.05, 0) is 49.2 Å². The molecule has 0 fully saturated rings. The van der Waals surface area contributed by atoms with Gasteiger partial charge in [-0.1, -0.05) is 25.1 Å². The number of esters is 1. The molecule has 0 spiro atoms. The fourth-order valence-corrected chi connectivity index (χ4v) is 2.21. The van der Waals surface area contributed by atoms with Gasteiger partial charge in [0.05, 0.1) is 12.2 Å². The highest BCUT2D eigenvalue weighted by Crippen LogP contribution is 2.15. The summed E-state index contributed by atoms with van der Waals surface area (Å²) in [7, 11) is 0. The van der Waals surface area contributed by atoms with Crippen LogP contribution >= 0.6 is 0 Å². The molecule has 5 heteroatoms. The first-order valence-electron chi connectivity index (χ1n) is 7.91. The molecule has 2 aromatic rings. The Morgan fingerprint density at radius 1 is 1.00 bits per heavy atom. The monoisotopic (exact) mass is 327 g/mol. The number of carbonyl (C=O) groups is 2. The van der Waals surface area contributed by atoms with Gasteiger partial charge in [-0.15, -0.1) is 0 Å². The summed E-state index contributed by atoms with van der Waals surface area (Å²) in [6.07, 6.45) is 0.808. The quantitative estimate of drug-likeness (QED) is 0.791. The molecular formula is C19H21NO4. The molecule has 1 N–H and O–H groups in total. The van der Waals surface area contributed by atoms with Crippen molar-refractivity contribution in [2.24, 2.45) is 0 Å². The number of benzene rings is 2. The number of ether oxygens (including phenoxy) is 2. The minimum atomic E-state index is -0.544. The summed E-state index contributed by atoms with van der Waals surface area (Å²) in [6, 6.07) is 14.1. The number of para-hydroxylation sites is 1. The number of rotatable bonds is 7. The van der Waals surface area contributed by atoms with Crippen LogP contribution in [0, 0.1) is 0 Å². The van der Waals surface area contributed by atoms with E-state index in [0.717, 1.165) is 17.7 Å². The van der Waals surface area contributed by atoms with Crippen molar-refractivity contribution in [2.75, 3.05) is 18.5 Å². The number of carbonyl (C=O) groups excluding carboxylic acids is 2. The fraction of sp³-hybridized carbons (Fsp3) is 0.263. The third kappa shape index (κ3) is 4.84. The van der Waals surface area contributed by atoms with E-state index in [1.54, 1.807) is 24.3 Å². The van der Waals surface area contributed by atoms with Crippen LogP contribution in [0.25, 0.3) is 0 Å². The van der Waals surface area contributed by atoms with E-state index in [0.29, 0.717) is 17.9 Å². The molecule has 0 unspecified atom stereocenters. The molecule has 0 aromatic heterocycles. The number of anilines is 1. The largest absolute Gasteiger partial charge is 0.494 e. The zero-order chi connectivity index (χ0) is 17.4. The molecule has 0 heterocycles. The smallest absolute Gasteiger partial charge is 0.338 e. The summed E-state index contributed by atoms with van der Waals surface area (Å²) in [5.74, 6) is -0.227. The maximum atomic E-state index is 12.0. The van der Waals surface area contributed by atoms with Crippen LogP contribution in [-0.2, 0) is 16.0 Å². The molecule has 2 rings (SSSR count). The van der Waals surface area contributed by atoms with Crippen molar-refractivity contribution < 1.29 is 19.1 Å². The molecule has 2 aromatic carbocycles. The molecule has 126 valence electrons. The Morgan fingerprint density at radius 3 is 2.38 bits per heavy atom. The van der Waals surface area contributed by atoms with E-state index < -0.39 is 5.97 Å². The minimum Gasteiger partial charge on any atom is -0.494 e. The molecule has 0 aliphatic carbocycles. The van der Waals surface area contributed by atoms with Crippen LogP contribution < -0.4 is 10.1 Å². The van der Waals surface area contributed by atoms with Gasteiger partial charge in [0.25, 0.3) is 5.91 Å². The van der Waals surface area contributed by atoms with Crippen LogP contribution in [-0.4, -0.2) is 25.1 Å². The van der Waals surface area contributed by atoms with Crippen LogP contribution in [0.4, 0.5) is 5.69 Å². The minimum absolute atomic E-state index is 0.329. The molecule has 1 amide bonds. The lowest BCUT2D eigenvalue weighted by Crippen LogP contribution is -2.21. The summed E-state index contributed by atoms with van der Waals surface area (Å²) in [5.41, 5.74) is 2.14. The lowest BCUT2D eigenvalue weighted by molar-refractivity contribution is -0.119. The van der Waals surface area contributed by atoms with Crippen molar-refractivity contribution in [3.8, 4) is 5.75 Å². The van der Waals surface area contributed by atoms with Gasteiger partial charge in [0.2, 0.25) is 0 Å². The summed E-state index contributed by atoms with van der Waals surface area (Å²) in [6.45, 7) is 4.13. The maximum absolute atomic E-state index is 12.0. The standard InChI is InChI=1S/C19H21NO4/c1-3-14-7-5-6-8-17(14)20-18(21)13-24-19(22)15-9-11-16(12-10-15)23-4-2/h5-12H,3-4,13H2,1-2H3,(H,20,21). The Kier molecular flexibility index (Phi) is 6.37. The van der Waals surface area contributed by atoms with E-state index in [9.17, 15) is 9.59 Å². The van der Waals surface area contributed by atoms with Crippen LogP contribution in [0.15, 0.2) is 48.5 Å². The van der Waals surface area contributed by atoms with Gasteiger partial charge in [0, 0.05) is 5.69 Å². The molecule has 0 saturated heterocycles. The Bertz CT molecular complexity index is 695. The first-order valence-corrected chi connectivity index (χ1v) is 7.91. The molecule has 0 aliphatic heterocycles. The Hall–Kier alpha value is -2.82. The van der Waals surface area contributed by atoms with Gasteiger partial charge < -0.3 is 14.8 Å². The number of amides is 1.